The van der Waals surface area contributed by atoms with Gasteiger partial charge in [-0.2, -0.15) is 11.8 Å². The van der Waals surface area contributed by atoms with Gasteiger partial charge in [0.15, 0.2) is 5.96 Å². The first-order chi connectivity index (χ1) is 13.8. The highest BCUT2D eigenvalue weighted by Crippen LogP contribution is 2.42. The van der Waals surface area contributed by atoms with Gasteiger partial charge < -0.3 is 15.0 Å². The van der Waals surface area contributed by atoms with Crippen molar-refractivity contribution in [3.63, 3.8) is 0 Å². The average molecular weight is 537 g/mol. The quantitative estimate of drug-likeness (QED) is 0.335. The molecule has 0 radical (unpaired) electrons. The Kier molecular flexibility index (Phi) is 9.26. The number of guanidine groups is 1. The topological polar surface area (TPSA) is 40.1 Å². The smallest absolute Gasteiger partial charge is 0.194 e. The van der Waals surface area contributed by atoms with Crippen molar-refractivity contribution >= 4 is 41.7 Å². The van der Waals surface area contributed by atoms with E-state index in [4.69, 9.17) is 9.73 Å². The number of hydrogen-bond donors (Lipinski definition) is 1. The van der Waals surface area contributed by atoms with E-state index in [1.807, 2.05) is 0 Å². The van der Waals surface area contributed by atoms with Crippen molar-refractivity contribution in [2.75, 3.05) is 58.2 Å². The third-order valence-corrected chi connectivity index (χ3v) is 8.91. The van der Waals surface area contributed by atoms with Gasteiger partial charge in [0.05, 0.1) is 6.54 Å². The van der Waals surface area contributed by atoms with Crippen LogP contribution in [0.1, 0.15) is 64.7 Å². The van der Waals surface area contributed by atoms with Crippen LogP contribution in [0.5, 0.6) is 0 Å². The number of likely N-dealkylation sites (tertiary alicyclic amines) is 1. The lowest BCUT2D eigenvalue weighted by atomic mass is 9.87. The van der Waals surface area contributed by atoms with E-state index in [9.17, 15) is 0 Å². The molecule has 0 bridgehead atoms. The Morgan fingerprint density at radius 3 is 2.41 bits per heavy atom. The number of halogens is 1. The maximum atomic E-state index is 5.73. The summed E-state index contributed by atoms with van der Waals surface area (Å²) in [5.74, 6) is 2.41. The summed E-state index contributed by atoms with van der Waals surface area (Å²) in [6.45, 7) is 10.7. The fraction of sp³-hybridized carbons (Fsp3) is 0.955. The molecule has 4 aliphatic rings. The molecule has 4 fully saturated rings. The number of hydrogen-bond acceptors (Lipinski definition) is 4. The molecule has 0 amide bonds. The minimum absolute atomic E-state index is 0. The van der Waals surface area contributed by atoms with E-state index in [-0.39, 0.29) is 29.5 Å². The van der Waals surface area contributed by atoms with Gasteiger partial charge in [-0.15, -0.1) is 24.0 Å². The molecule has 0 atom stereocenters. The molecule has 3 saturated heterocycles. The van der Waals surface area contributed by atoms with Gasteiger partial charge >= 0.3 is 0 Å². The minimum atomic E-state index is 0. The van der Waals surface area contributed by atoms with Crippen molar-refractivity contribution in [1.29, 1.82) is 0 Å². The first-order valence-corrected chi connectivity index (χ1v) is 12.7. The number of aliphatic imine (C=N–C) groups is 1. The molecular weight excluding hydrogens is 495 g/mol. The first kappa shape index (κ1) is 23.9. The number of nitrogens with zero attached hydrogens (tertiary/aromatic N) is 3. The summed E-state index contributed by atoms with van der Waals surface area (Å²) < 4.78 is 6.21. The van der Waals surface area contributed by atoms with Gasteiger partial charge in [0, 0.05) is 48.9 Å². The number of thioether (sulfide) groups is 1. The lowest BCUT2D eigenvalue weighted by Gasteiger charge is -2.46. The molecule has 4 rings (SSSR count). The summed E-state index contributed by atoms with van der Waals surface area (Å²) >= 11 is 2.24. The molecular formula is C22H41IN4OS. The molecule has 1 aliphatic carbocycles. The maximum absolute atomic E-state index is 5.73. The van der Waals surface area contributed by atoms with Crippen molar-refractivity contribution in [3.05, 3.63) is 0 Å². The second kappa shape index (κ2) is 11.2. The maximum Gasteiger partial charge on any atom is 0.194 e. The monoisotopic (exact) mass is 536 g/mol. The van der Waals surface area contributed by atoms with Crippen LogP contribution in [0.4, 0.5) is 0 Å². The highest BCUT2D eigenvalue weighted by atomic mass is 127. The molecule has 168 valence electrons. The van der Waals surface area contributed by atoms with Crippen LogP contribution in [0.2, 0.25) is 0 Å². The third kappa shape index (κ3) is 5.75. The molecule has 0 aromatic rings. The lowest BCUT2D eigenvalue weighted by molar-refractivity contribution is -0.0140. The van der Waals surface area contributed by atoms with Crippen LogP contribution in [0, 0.1) is 0 Å². The average Bonchev–Trinajstić information content (AvgIpc) is 3.28. The van der Waals surface area contributed by atoms with Crippen molar-refractivity contribution < 1.29 is 4.74 Å². The molecule has 0 aromatic heterocycles. The second-order valence-electron chi connectivity index (χ2n) is 9.21. The van der Waals surface area contributed by atoms with E-state index in [2.05, 4.69) is 33.8 Å². The molecule has 3 aliphatic heterocycles. The van der Waals surface area contributed by atoms with Crippen LogP contribution >= 0.6 is 35.7 Å². The number of rotatable bonds is 4. The highest BCUT2D eigenvalue weighted by Gasteiger charge is 2.41. The molecule has 5 nitrogen and oxygen atoms in total. The largest absolute Gasteiger partial charge is 0.381 e. The van der Waals surface area contributed by atoms with Gasteiger partial charge in [-0.1, -0.05) is 19.3 Å². The summed E-state index contributed by atoms with van der Waals surface area (Å²) in [4.78, 5) is 10.6. The summed E-state index contributed by atoms with van der Waals surface area (Å²) in [6.07, 6.45) is 12.0. The summed E-state index contributed by atoms with van der Waals surface area (Å²) in [5, 5.41) is 3.64. The molecule has 1 spiro atoms. The van der Waals surface area contributed by atoms with Gasteiger partial charge in [-0.25, -0.2) is 0 Å². The Morgan fingerprint density at radius 2 is 1.72 bits per heavy atom. The number of nitrogens with one attached hydrogen (secondary N) is 1. The molecule has 7 heteroatoms. The Labute approximate surface area is 199 Å². The fourth-order valence-corrected chi connectivity index (χ4v) is 7.26. The van der Waals surface area contributed by atoms with E-state index >= 15 is 0 Å². The highest BCUT2D eigenvalue weighted by molar-refractivity contribution is 14.0. The van der Waals surface area contributed by atoms with Crippen LogP contribution in [-0.2, 0) is 4.74 Å². The predicted octanol–water partition coefficient (Wildman–Crippen LogP) is 3.97. The standard InChI is InChI=1S/C22H40N4OS.HI/c1-2-23-20(25-14-17-28-22(19-25)8-4-3-5-9-22)24-18-21(10-15-27-16-11-21)26-12-6-7-13-26;/h2-19H2,1H3,(H,23,24);1H. The van der Waals surface area contributed by atoms with Crippen molar-refractivity contribution in [2.45, 2.75) is 75.0 Å². The number of ether oxygens (including phenoxy) is 1. The van der Waals surface area contributed by atoms with Crippen LogP contribution in [0.25, 0.3) is 0 Å². The molecule has 3 heterocycles. The van der Waals surface area contributed by atoms with Crippen molar-refractivity contribution in [2.24, 2.45) is 4.99 Å². The van der Waals surface area contributed by atoms with E-state index in [0.29, 0.717) is 4.75 Å². The van der Waals surface area contributed by atoms with Crippen LogP contribution in [0.3, 0.4) is 0 Å². The molecule has 29 heavy (non-hydrogen) atoms. The first-order valence-electron chi connectivity index (χ1n) is 11.8. The fourth-order valence-electron chi connectivity index (χ4n) is 5.69. The second-order valence-corrected chi connectivity index (χ2v) is 10.8. The molecule has 1 N–H and O–H groups in total. The van der Waals surface area contributed by atoms with E-state index in [1.165, 1.54) is 70.3 Å². The molecule has 1 saturated carbocycles. The Hall–Kier alpha value is 0.270. The van der Waals surface area contributed by atoms with E-state index in [1.54, 1.807) is 0 Å². The van der Waals surface area contributed by atoms with E-state index < -0.39 is 0 Å². The van der Waals surface area contributed by atoms with Crippen LogP contribution in [-0.4, -0.2) is 84.3 Å². The van der Waals surface area contributed by atoms with Crippen LogP contribution in [0.15, 0.2) is 4.99 Å². The lowest BCUT2D eigenvalue weighted by Crippen LogP contribution is -2.56. The zero-order valence-corrected chi connectivity index (χ0v) is 21.4. The zero-order chi connectivity index (χ0) is 19.3. The van der Waals surface area contributed by atoms with Crippen LogP contribution < -0.4 is 5.32 Å². The summed E-state index contributed by atoms with van der Waals surface area (Å²) in [5.41, 5.74) is 0.225. The Balaban J connectivity index is 0.00000240. The van der Waals surface area contributed by atoms with Crippen molar-refractivity contribution in [3.8, 4) is 0 Å². The van der Waals surface area contributed by atoms with E-state index in [0.717, 1.165) is 51.6 Å². The summed E-state index contributed by atoms with van der Waals surface area (Å²) in [6, 6.07) is 0. The van der Waals surface area contributed by atoms with Gasteiger partial charge in [-0.3, -0.25) is 9.89 Å². The Bertz CT molecular complexity index is 523. The Morgan fingerprint density at radius 1 is 1.00 bits per heavy atom. The van der Waals surface area contributed by atoms with Gasteiger partial charge in [0.25, 0.3) is 0 Å². The zero-order valence-electron chi connectivity index (χ0n) is 18.3. The predicted molar refractivity (Wildman–Crippen MR) is 135 cm³/mol. The third-order valence-electron chi connectivity index (χ3n) is 7.37. The van der Waals surface area contributed by atoms with Gasteiger partial charge in [0.2, 0.25) is 0 Å². The summed E-state index contributed by atoms with van der Waals surface area (Å²) in [7, 11) is 0. The van der Waals surface area contributed by atoms with Gasteiger partial charge in [-0.05, 0) is 58.5 Å². The molecule has 0 aromatic carbocycles. The van der Waals surface area contributed by atoms with Gasteiger partial charge in [0.1, 0.15) is 0 Å². The minimum Gasteiger partial charge on any atom is -0.381 e. The van der Waals surface area contributed by atoms with Crippen molar-refractivity contribution in [1.82, 2.24) is 15.1 Å². The SMILES string of the molecule is CCNC(=NCC1(N2CCCC2)CCOCC1)N1CCSC2(CCCCC2)C1.I. The normalized spacial score (nSPS) is 27.6. The molecule has 0 unspecified atom stereocenters.